The number of allylic oxidation sites excluding steroid dienone is 2. The van der Waals surface area contributed by atoms with E-state index in [9.17, 15) is 0 Å². The van der Waals surface area contributed by atoms with Gasteiger partial charge in [0.15, 0.2) is 0 Å². The van der Waals surface area contributed by atoms with Crippen LogP contribution in [0, 0.1) is 11.8 Å². The first kappa shape index (κ1) is 21.7. The monoisotopic (exact) mass is 306 g/mol. The van der Waals surface area contributed by atoms with Crippen LogP contribution < -0.4 is 0 Å². The maximum absolute atomic E-state index is 3.72. The van der Waals surface area contributed by atoms with E-state index in [2.05, 4.69) is 47.1 Å². The largest absolute Gasteiger partial charge is 0.0847 e. The fourth-order valence-electron chi connectivity index (χ4n) is 2.82. The quantitative estimate of drug-likeness (QED) is 0.284. The molecule has 0 amide bonds. The maximum Gasteiger partial charge on any atom is 0.0175 e. The van der Waals surface area contributed by atoms with Gasteiger partial charge in [-0.15, -0.1) is 0 Å². The second-order valence-electron chi connectivity index (χ2n) is 7.83. The molecule has 0 atom stereocenters. The molecule has 0 N–H and O–H groups in total. The minimum atomic E-state index is 0.191. The smallest absolute Gasteiger partial charge is 0.0175 e. The van der Waals surface area contributed by atoms with Gasteiger partial charge in [0.05, 0.1) is 0 Å². The number of unbranched alkanes of at least 4 members (excludes halogenated alkanes) is 10. The lowest BCUT2D eigenvalue weighted by Crippen LogP contribution is -2.07. The first-order valence-electron chi connectivity index (χ1n) is 9.96. The van der Waals surface area contributed by atoms with Gasteiger partial charge < -0.3 is 0 Å². The van der Waals surface area contributed by atoms with Crippen LogP contribution in [-0.4, -0.2) is 0 Å². The van der Waals surface area contributed by atoms with Crippen molar-refractivity contribution in [2.24, 2.45) is 5.41 Å². The molecule has 0 heterocycles. The van der Waals surface area contributed by atoms with Crippen molar-refractivity contribution in [3.63, 3.8) is 0 Å². The predicted molar refractivity (Wildman–Crippen MR) is 102 cm³/mol. The standard InChI is InChI=1S/C22H42/c1-6-8-10-12-13-15-17-19-21(20-22(3,4)5)18-16-14-11-9-7-2/h19H,6-18H2,1-5H3. The molecule has 0 aliphatic rings. The summed E-state index contributed by atoms with van der Waals surface area (Å²) in [6, 6.07) is 0. The van der Waals surface area contributed by atoms with Gasteiger partial charge in [-0.25, -0.2) is 0 Å². The Morgan fingerprint density at radius 1 is 0.727 bits per heavy atom. The van der Waals surface area contributed by atoms with Gasteiger partial charge >= 0.3 is 0 Å². The highest BCUT2D eigenvalue weighted by molar-refractivity contribution is 5.17. The summed E-state index contributed by atoms with van der Waals surface area (Å²) in [5, 5.41) is 0. The Morgan fingerprint density at radius 2 is 1.23 bits per heavy atom. The van der Waals surface area contributed by atoms with Gasteiger partial charge in [-0.05, 0) is 31.1 Å². The van der Waals surface area contributed by atoms with Crippen molar-refractivity contribution in [2.45, 2.75) is 118 Å². The fourth-order valence-corrected chi connectivity index (χ4v) is 2.82. The zero-order valence-corrected chi connectivity index (χ0v) is 16.3. The van der Waals surface area contributed by atoms with Gasteiger partial charge in [-0.2, -0.15) is 0 Å². The zero-order chi connectivity index (χ0) is 16.7. The van der Waals surface area contributed by atoms with Crippen molar-refractivity contribution in [1.82, 2.24) is 0 Å². The van der Waals surface area contributed by atoms with E-state index >= 15 is 0 Å². The van der Waals surface area contributed by atoms with E-state index in [4.69, 9.17) is 0 Å². The highest BCUT2D eigenvalue weighted by atomic mass is 14.2. The van der Waals surface area contributed by atoms with Crippen LogP contribution >= 0.6 is 0 Å². The Kier molecular flexibility index (Phi) is 14.2. The summed E-state index contributed by atoms with van der Waals surface area (Å²) >= 11 is 0. The lowest BCUT2D eigenvalue weighted by Gasteiger charge is -2.19. The SMILES string of the molecule is CCCCCCCCC=C([C]C(C)(C)C)CCCCCCC. The molecular formula is C22H42. The van der Waals surface area contributed by atoms with Crippen molar-refractivity contribution < 1.29 is 0 Å². The molecule has 0 saturated carbocycles. The minimum absolute atomic E-state index is 0.191. The molecule has 22 heavy (non-hydrogen) atoms. The van der Waals surface area contributed by atoms with Crippen molar-refractivity contribution in [2.75, 3.05) is 0 Å². The van der Waals surface area contributed by atoms with Crippen molar-refractivity contribution in [1.29, 1.82) is 0 Å². The fraction of sp³-hybridized carbons (Fsp3) is 0.864. The van der Waals surface area contributed by atoms with E-state index < -0.39 is 0 Å². The molecule has 0 aliphatic carbocycles. The second-order valence-corrected chi connectivity index (χ2v) is 7.83. The summed E-state index contributed by atoms with van der Waals surface area (Å²) in [5.41, 5.74) is 1.67. The molecule has 0 aromatic rings. The van der Waals surface area contributed by atoms with Gasteiger partial charge in [0.2, 0.25) is 0 Å². The summed E-state index contributed by atoms with van der Waals surface area (Å²) in [6.45, 7) is 11.4. The Balaban J connectivity index is 3.97. The Labute approximate surface area is 142 Å². The van der Waals surface area contributed by atoms with Crippen LogP contribution in [0.25, 0.3) is 0 Å². The van der Waals surface area contributed by atoms with Crippen LogP contribution in [-0.2, 0) is 0 Å². The highest BCUT2D eigenvalue weighted by Gasteiger charge is 2.13. The van der Waals surface area contributed by atoms with Crippen LogP contribution in [0.2, 0.25) is 0 Å². The van der Waals surface area contributed by atoms with E-state index in [1.807, 2.05) is 0 Å². The van der Waals surface area contributed by atoms with Crippen LogP contribution in [0.5, 0.6) is 0 Å². The van der Waals surface area contributed by atoms with Gasteiger partial charge in [-0.1, -0.05) is 104 Å². The number of hydrogen-bond acceptors (Lipinski definition) is 0. The van der Waals surface area contributed by atoms with Crippen LogP contribution in [0.4, 0.5) is 0 Å². The molecule has 0 nitrogen and oxygen atoms in total. The topological polar surface area (TPSA) is 0 Å². The van der Waals surface area contributed by atoms with E-state index in [0.29, 0.717) is 0 Å². The highest BCUT2D eigenvalue weighted by Crippen LogP contribution is 2.27. The lowest BCUT2D eigenvalue weighted by molar-refractivity contribution is 0.494. The summed E-state index contributed by atoms with van der Waals surface area (Å²) in [5.74, 6) is 0. The molecule has 0 heteroatoms. The molecule has 130 valence electrons. The molecular weight excluding hydrogens is 264 g/mol. The molecule has 0 saturated heterocycles. The predicted octanol–water partition coefficient (Wildman–Crippen LogP) is 8.15. The Morgan fingerprint density at radius 3 is 1.77 bits per heavy atom. The average Bonchev–Trinajstić information content (AvgIpc) is 2.44. The van der Waals surface area contributed by atoms with Gasteiger partial charge in [0, 0.05) is 6.42 Å². The molecule has 0 aliphatic heterocycles. The number of hydrogen-bond donors (Lipinski definition) is 0. The summed E-state index contributed by atoms with van der Waals surface area (Å²) < 4.78 is 0. The van der Waals surface area contributed by atoms with Gasteiger partial charge in [0.25, 0.3) is 0 Å². The van der Waals surface area contributed by atoms with E-state index in [0.717, 1.165) is 0 Å². The third kappa shape index (κ3) is 16.1. The first-order valence-corrected chi connectivity index (χ1v) is 9.96. The second kappa shape index (κ2) is 14.3. The van der Waals surface area contributed by atoms with E-state index in [1.54, 1.807) is 0 Å². The zero-order valence-electron chi connectivity index (χ0n) is 16.3. The average molecular weight is 307 g/mol. The molecule has 0 bridgehead atoms. The molecule has 0 aromatic heterocycles. The molecule has 0 spiro atoms. The summed E-state index contributed by atoms with van der Waals surface area (Å²) in [4.78, 5) is 0. The minimum Gasteiger partial charge on any atom is -0.0847 e. The molecule has 0 rings (SSSR count). The van der Waals surface area contributed by atoms with Crippen LogP contribution in [0.3, 0.4) is 0 Å². The number of rotatable bonds is 14. The van der Waals surface area contributed by atoms with Crippen molar-refractivity contribution in [3.05, 3.63) is 18.1 Å². The molecule has 0 unspecified atom stereocenters. The van der Waals surface area contributed by atoms with Crippen LogP contribution in [0.1, 0.15) is 118 Å². The molecule has 0 fully saturated rings. The normalized spacial score (nSPS) is 12.9. The van der Waals surface area contributed by atoms with E-state index in [1.165, 1.54) is 89.0 Å². The lowest BCUT2D eigenvalue weighted by atomic mass is 9.85. The van der Waals surface area contributed by atoms with Crippen LogP contribution in [0.15, 0.2) is 11.6 Å². The van der Waals surface area contributed by atoms with E-state index in [-0.39, 0.29) is 5.41 Å². The third-order valence-electron chi connectivity index (χ3n) is 4.03. The molecule has 2 radical (unpaired) electrons. The van der Waals surface area contributed by atoms with Gasteiger partial charge in [-0.3, -0.25) is 0 Å². The third-order valence-corrected chi connectivity index (χ3v) is 4.03. The first-order chi connectivity index (χ1) is 10.5. The summed E-state index contributed by atoms with van der Waals surface area (Å²) in [7, 11) is 0. The van der Waals surface area contributed by atoms with Gasteiger partial charge in [0.1, 0.15) is 0 Å². The maximum atomic E-state index is 3.72. The molecule has 0 aromatic carbocycles. The van der Waals surface area contributed by atoms with Crippen molar-refractivity contribution >= 4 is 0 Å². The Hall–Kier alpha value is -0.260. The Bertz CT molecular complexity index is 254. The van der Waals surface area contributed by atoms with Crippen molar-refractivity contribution in [3.8, 4) is 0 Å². The summed E-state index contributed by atoms with van der Waals surface area (Å²) in [6.07, 6.45) is 23.9.